The van der Waals surface area contributed by atoms with E-state index in [2.05, 4.69) is 15.2 Å². The van der Waals surface area contributed by atoms with Crippen molar-refractivity contribution in [3.63, 3.8) is 0 Å². The van der Waals surface area contributed by atoms with Crippen LogP contribution in [0.2, 0.25) is 0 Å². The van der Waals surface area contributed by atoms with Crippen molar-refractivity contribution in [2.24, 2.45) is 15.2 Å². The summed E-state index contributed by atoms with van der Waals surface area (Å²) in [4.78, 5) is 14.0. The van der Waals surface area contributed by atoms with Crippen LogP contribution in [0.5, 0.6) is 0 Å². The molecule has 13 heavy (non-hydrogen) atoms. The van der Waals surface area contributed by atoms with Gasteiger partial charge in [-0.15, -0.1) is 5.11 Å². The second-order valence-electron chi connectivity index (χ2n) is 2.43. The van der Waals surface area contributed by atoms with Crippen molar-refractivity contribution < 1.29 is 9.18 Å². The highest BCUT2D eigenvalue weighted by molar-refractivity contribution is 6.08. The summed E-state index contributed by atoms with van der Waals surface area (Å²) in [5, 5.41) is 6.67. The van der Waals surface area contributed by atoms with Crippen LogP contribution in [0.4, 0.5) is 9.18 Å². The average Bonchev–Trinajstić information content (AvgIpc) is 2.52. The quantitative estimate of drug-likeness (QED) is 0.648. The van der Waals surface area contributed by atoms with E-state index in [0.717, 1.165) is 0 Å². The Morgan fingerprint density at radius 3 is 2.69 bits per heavy atom. The summed E-state index contributed by atoms with van der Waals surface area (Å²) in [6.07, 6.45) is 0. The lowest BCUT2D eigenvalue weighted by atomic mass is 10.2. The molecule has 5 heteroatoms. The number of azo groups is 1. The highest BCUT2D eigenvalue weighted by Crippen LogP contribution is 2.10. The number of carbonyl (C=O) groups excluding carboxylic acids is 1. The molecule has 1 aliphatic heterocycles. The van der Waals surface area contributed by atoms with Crippen LogP contribution in [0, 0.1) is 5.82 Å². The van der Waals surface area contributed by atoms with Crippen molar-refractivity contribution >= 4 is 11.9 Å². The van der Waals surface area contributed by atoms with E-state index < -0.39 is 11.8 Å². The molecule has 1 aromatic rings. The molecule has 0 fully saturated rings. The van der Waals surface area contributed by atoms with E-state index in [9.17, 15) is 9.18 Å². The van der Waals surface area contributed by atoms with Crippen molar-refractivity contribution in [2.75, 3.05) is 0 Å². The maximum Gasteiger partial charge on any atom is 0.387 e. The number of nitrogens with zero attached hydrogens (tertiary/aromatic N) is 3. The minimum Gasteiger partial charge on any atom is -0.242 e. The highest BCUT2D eigenvalue weighted by atomic mass is 19.1. The van der Waals surface area contributed by atoms with Crippen LogP contribution in [-0.2, 0) is 0 Å². The smallest absolute Gasteiger partial charge is 0.242 e. The molecule has 1 heterocycles. The molecule has 0 unspecified atom stereocenters. The largest absolute Gasteiger partial charge is 0.387 e. The fourth-order valence-electron chi connectivity index (χ4n) is 0.975. The van der Waals surface area contributed by atoms with Crippen molar-refractivity contribution in [1.82, 2.24) is 0 Å². The Hall–Kier alpha value is -1.91. The number of amidine groups is 1. The third-order valence-corrected chi connectivity index (χ3v) is 1.51. The van der Waals surface area contributed by atoms with Gasteiger partial charge in [0.1, 0.15) is 5.82 Å². The first-order chi connectivity index (χ1) is 6.25. The first-order valence-electron chi connectivity index (χ1n) is 3.56. The molecule has 1 aliphatic rings. The molecular formula is C8H4FN3O. The number of aliphatic imine (C=N–C) groups is 1. The number of carbonyl (C=O) groups is 1. The van der Waals surface area contributed by atoms with Gasteiger partial charge in [-0.25, -0.2) is 9.18 Å². The molecule has 0 aromatic heterocycles. The van der Waals surface area contributed by atoms with Gasteiger partial charge in [0.15, 0.2) is 5.84 Å². The Morgan fingerprint density at radius 1 is 1.23 bits per heavy atom. The second kappa shape index (κ2) is 2.85. The highest BCUT2D eigenvalue weighted by Gasteiger charge is 2.12. The summed E-state index contributed by atoms with van der Waals surface area (Å²) in [6.45, 7) is 0. The SMILES string of the molecule is O=C1N=NC(c2cccc(F)c2)=N1. The summed E-state index contributed by atoms with van der Waals surface area (Å²) < 4.78 is 12.7. The maximum absolute atomic E-state index is 12.7. The second-order valence-corrected chi connectivity index (χ2v) is 2.43. The number of amides is 2. The van der Waals surface area contributed by atoms with Gasteiger partial charge in [-0.1, -0.05) is 17.2 Å². The Kier molecular flexibility index (Phi) is 1.70. The molecule has 0 radical (unpaired) electrons. The number of hydrogen-bond acceptors (Lipinski definition) is 2. The minimum atomic E-state index is -0.653. The fraction of sp³-hybridized carbons (Fsp3) is 0. The van der Waals surface area contributed by atoms with E-state index in [0.29, 0.717) is 5.56 Å². The molecule has 2 rings (SSSR count). The zero-order valence-electron chi connectivity index (χ0n) is 6.44. The topological polar surface area (TPSA) is 54.1 Å². The number of hydrogen-bond donors (Lipinski definition) is 0. The van der Waals surface area contributed by atoms with Gasteiger partial charge in [-0.3, -0.25) is 0 Å². The molecule has 0 spiro atoms. The first-order valence-corrected chi connectivity index (χ1v) is 3.56. The van der Waals surface area contributed by atoms with E-state index in [4.69, 9.17) is 0 Å². The molecule has 0 bridgehead atoms. The molecule has 64 valence electrons. The number of urea groups is 1. The molecule has 1 aromatic carbocycles. The van der Waals surface area contributed by atoms with Gasteiger partial charge in [0.05, 0.1) is 0 Å². The molecular weight excluding hydrogens is 173 g/mol. The zero-order chi connectivity index (χ0) is 9.26. The number of rotatable bonds is 1. The van der Waals surface area contributed by atoms with Crippen LogP contribution in [0.15, 0.2) is 39.5 Å². The van der Waals surface area contributed by atoms with E-state index in [1.807, 2.05) is 0 Å². The van der Waals surface area contributed by atoms with Gasteiger partial charge in [-0.05, 0) is 12.1 Å². The van der Waals surface area contributed by atoms with Crippen LogP contribution in [0.1, 0.15) is 5.56 Å². The molecule has 2 amide bonds. The molecule has 0 aliphatic carbocycles. The average molecular weight is 177 g/mol. The number of benzene rings is 1. The molecule has 0 saturated heterocycles. The predicted molar refractivity (Wildman–Crippen MR) is 43.2 cm³/mol. The third kappa shape index (κ3) is 1.48. The first kappa shape index (κ1) is 7.72. The monoisotopic (exact) mass is 177 g/mol. The van der Waals surface area contributed by atoms with Gasteiger partial charge < -0.3 is 0 Å². The third-order valence-electron chi connectivity index (χ3n) is 1.51. The lowest BCUT2D eigenvalue weighted by Gasteiger charge is -1.94. The standard InChI is InChI=1S/C8H4FN3O/c9-6-3-1-2-5(4-6)7-10-8(13)12-11-7/h1-4H. The van der Waals surface area contributed by atoms with Crippen LogP contribution in [-0.4, -0.2) is 11.9 Å². The summed E-state index contributed by atoms with van der Waals surface area (Å²) in [7, 11) is 0. The van der Waals surface area contributed by atoms with E-state index in [1.165, 1.54) is 18.2 Å². The maximum atomic E-state index is 12.7. The van der Waals surface area contributed by atoms with Crippen LogP contribution >= 0.6 is 0 Å². The van der Waals surface area contributed by atoms with Crippen LogP contribution in [0.3, 0.4) is 0 Å². The summed E-state index contributed by atoms with van der Waals surface area (Å²) in [6, 6.07) is 5.03. The van der Waals surface area contributed by atoms with Crippen molar-refractivity contribution in [3.8, 4) is 0 Å². The van der Waals surface area contributed by atoms with Crippen molar-refractivity contribution in [1.29, 1.82) is 0 Å². The van der Waals surface area contributed by atoms with Gasteiger partial charge in [0.2, 0.25) is 0 Å². The Balaban J connectivity index is 2.42. The van der Waals surface area contributed by atoms with Crippen LogP contribution in [0.25, 0.3) is 0 Å². The molecule has 0 N–H and O–H groups in total. The molecule has 4 nitrogen and oxygen atoms in total. The van der Waals surface area contributed by atoms with Gasteiger partial charge in [-0.2, -0.15) is 4.99 Å². The van der Waals surface area contributed by atoms with E-state index in [-0.39, 0.29) is 5.84 Å². The van der Waals surface area contributed by atoms with E-state index >= 15 is 0 Å². The predicted octanol–water partition coefficient (Wildman–Crippen LogP) is 2.16. The van der Waals surface area contributed by atoms with Gasteiger partial charge in [0, 0.05) is 5.56 Å². The molecule has 0 saturated carbocycles. The van der Waals surface area contributed by atoms with E-state index in [1.54, 1.807) is 6.07 Å². The Labute approximate surface area is 72.8 Å². The van der Waals surface area contributed by atoms with Crippen LogP contribution < -0.4 is 0 Å². The normalized spacial score (nSPS) is 14.8. The summed E-state index contributed by atoms with van der Waals surface area (Å²) >= 11 is 0. The van der Waals surface area contributed by atoms with Crippen molar-refractivity contribution in [2.45, 2.75) is 0 Å². The zero-order valence-corrected chi connectivity index (χ0v) is 6.44. The lowest BCUT2D eigenvalue weighted by molar-refractivity contribution is 0.257. The van der Waals surface area contributed by atoms with Crippen molar-refractivity contribution in [3.05, 3.63) is 35.6 Å². The Morgan fingerprint density at radius 2 is 2.08 bits per heavy atom. The Bertz CT molecular complexity index is 425. The summed E-state index contributed by atoms with van der Waals surface area (Å²) in [5.74, 6) is -0.237. The summed E-state index contributed by atoms with van der Waals surface area (Å²) in [5.41, 5.74) is 0.453. The molecule has 0 atom stereocenters. The minimum absolute atomic E-state index is 0.157. The van der Waals surface area contributed by atoms with Gasteiger partial charge in [0.25, 0.3) is 0 Å². The number of halogens is 1. The lowest BCUT2D eigenvalue weighted by Crippen LogP contribution is -1.94. The van der Waals surface area contributed by atoms with Gasteiger partial charge >= 0.3 is 6.03 Å². The fourth-order valence-corrected chi connectivity index (χ4v) is 0.975.